The lowest BCUT2D eigenvalue weighted by molar-refractivity contribution is 0.0970. The van der Waals surface area contributed by atoms with E-state index in [9.17, 15) is 9.59 Å². The topological polar surface area (TPSA) is 94.8 Å². The van der Waals surface area contributed by atoms with Crippen LogP contribution in [0.25, 0.3) is 11.0 Å². The summed E-state index contributed by atoms with van der Waals surface area (Å²) in [5.41, 5.74) is 1.96. The fraction of sp³-hybridized carbons (Fsp3) is 0.231. The molecule has 1 amide bonds. The van der Waals surface area contributed by atoms with Crippen LogP contribution in [-0.2, 0) is 6.42 Å². The molecule has 2 aromatic carbocycles. The van der Waals surface area contributed by atoms with Gasteiger partial charge < -0.3 is 13.9 Å². The van der Waals surface area contributed by atoms with Gasteiger partial charge in [0.25, 0.3) is 5.91 Å². The van der Waals surface area contributed by atoms with Gasteiger partial charge in [-0.3, -0.25) is 14.5 Å². The van der Waals surface area contributed by atoms with Crippen LogP contribution in [-0.4, -0.2) is 29.8 Å². The van der Waals surface area contributed by atoms with Crippen molar-refractivity contribution >= 4 is 33.3 Å². The van der Waals surface area contributed by atoms with Gasteiger partial charge in [-0.1, -0.05) is 48.6 Å². The van der Waals surface area contributed by atoms with Gasteiger partial charge >= 0.3 is 0 Å². The van der Waals surface area contributed by atoms with E-state index in [2.05, 4.69) is 16.8 Å². The van der Waals surface area contributed by atoms with Crippen molar-refractivity contribution < 1.29 is 18.7 Å². The van der Waals surface area contributed by atoms with E-state index in [1.165, 1.54) is 23.3 Å². The van der Waals surface area contributed by atoms with Gasteiger partial charge in [-0.25, -0.2) is 0 Å². The van der Waals surface area contributed by atoms with Crippen LogP contribution >= 0.6 is 11.3 Å². The van der Waals surface area contributed by atoms with Crippen LogP contribution in [0.2, 0.25) is 0 Å². The molecule has 3 heterocycles. The van der Waals surface area contributed by atoms with Crippen LogP contribution in [0.15, 0.2) is 58.3 Å². The van der Waals surface area contributed by atoms with Crippen LogP contribution in [0.4, 0.5) is 5.13 Å². The van der Waals surface area contributed by atoms with Crippen LogP contribution < -0.4 is 19.8 Å². The van der Waals surface area contributed by atoms with Crippen molar-refractivity contribution in [1.29, 1.82) is 0 Å². The zero-order valence-corrected chi connectivity index (χ0v) is 20.3. The van der Waals surface area contributed by atoms with Crippen molar-refractivity contribution in [2.45, 2.75) is 26.3 Å². The number of ether oxygens (including phenoxy) is 2. The number of hydrogen-bond donors (Lipinski definition) is 0. The molecule has 178 valence electrons. The number of benzene rings is 2. The monoisotopic (exact) mass is 489 g/mol. The second-order valence-electron chi connectivity index (χ2n) is 8.09. The second-order valence-corrected chi connectivity index (χ2v) is 9.13. The number of carbonyl (C=O) groups excluding carboxylic acids is 1. The molecule has 1 unspecified atom stereocenters. The SMILES string of the molecule is C=CCOc1ccc(C2c3c(oc4ccc(C)cc4c3=O)C(=O)N2c2nnc(CC)s2)cc1OC. The Balaban J connectivity index is 1.75. The summed E-state index contributed by atoms with van der Waals surface area (Å²) in [7, 11) is 1.54. The molecule has 0 fully saturated rings. The zero-order chi connectivity index (χ0) is 24.7. The number of aromatic nitrogens is 2. The molecule has 0 saturated carbocycles. The van der Waals surface area contributed by atoms with E-state index in [1.54, 1.807) is 30.3 Å². The average molecular weight is 490 g/mol. The molecule has 1 aliphatic rings. The van der Waals surface area contributed by atoms with E-state index in [4.69, 9.17) is 13.9 Å². The predicted octanol–water partition coefficient (Wildman–Crippen LogP) is 4.84. The van der Waals surface area contributed by atoms with Gasteiger partial charge in [-0.2, -0.15) is 0 Å². The van der Waals surface area contributed by atoms with Gasteiger partial charge in [0.1, 0.15) is 17.2 Å². The molecule has 0 N–H and O–H groups in total. The third kappa shape index (κ3) is 3.77. The Morgan fingerprint density at radius 1 is 1.17 bits per heavy atom. The Labute approximate surface area is 205 Å². The van der Waals surface area contributed by atoms with Crippen molar-refractivity contribution in [3.8, 4) is 11.5 Å². The Morgan fingerprint density at radius 3 is 2.71 bits per heavy atom. The molecule has 0 spiro atoms. The first-order valence-electron chi connectivity index (χ1n) is 11.1. The lowest BCUT2D eigenvalue weighted by atomic mass is 9.98. The Kier molecular flexibility index (Phi) is 5.86. The van der Waals surface area contributed by atoms with Crippen molar-refractivity contribution in [3.63, 3.8) is 0 Å². The minimum atomic E-state index is -0.765. The van der Waals surface area contributed by atoms with Gasteiger partial charge in [0.15, 0.2) is 16.9 Å². The van der Waals surface area contributed by atoms with E-state index >= 15 is 0 Å². The predicted molar refractivity (Wildman–Crippen MR) is 134 cm³/mol. The molecule has 4 aromatic rings. The third-order valence-corrected chi connectivity index (χ3v) is 6.92. The van der Waals surface area contributed by atoms with E-state index in [0.29, 0.717) is 46.2 Å². The van der Waals surface area contributed by atoms with Gasteiger partial charge in [0.2, 0.25) is 10.9 Å². The number of aryl methyl sites for hydroxylation is 2. The number of hydrogen-bond acceptors (Lipinski definition) is 8. The van der Waals surface area contributed by atoms with Crippen molar-refractivity contribution in [2.75, 3.05) is 18.6 Å². The number of fused-ring (bicyclic) bond motifs is 2. The number of anilines is 1. The fourth-order valence-electron chi connectivity index (χ4n) is 4.21. The molecule has 0 aliphatic carbocycles. The normalized spacial score (nSPS) is 14.9. The first kappa shape index (κ1) is 22.8. The molecule has 0 bridgehead atoms. The van der Waals surface area contributed by atoms with Gasteiger partial charge in [0, 0.05) is 0 Å². The molecule has 1 atom stereocenters. The largest absolute Gasteiger partial charge is 0.493 e. The quantitative estimate of drug-likeness (QED) is 0.343. The highest BCUT2D eigenvalue weighted by Crippen LogP contribution is 2.44. The number of methoxy groups -OCH3 is 1. The molecule has 0 saturated heterocycles. The van der Waals surface area contributed by atoms with Gasteiger partial charge in [0.05, 0.1) is 24.1 Å². The van der Waals surface area contributed by atoms with E-state index in [0.717, 1.165) is 10.6 Å². The van der Waals surface area contributed by atoms with Gasteiger partial charge in [-0.15, -0.1) is 10.2 Å². The van der Waals surface area contributed by atoms with Crippen LogP contribution in [0.3, 0.4) is 0 Å². The summed E-state index contributed by atoms with van der Waals surface area (Å²) in [5, 5.41) is 10.0. The Hall–Kier alpha value is -3.98. The van der Waals surface area contributed by atoms with Crippen molar-refractivity contribution in [1.82, 2.24) is 10.2 Å². The minimum Gasteiger partial charge on any atom is -0.493 e. The highest BCUT2D eigenvalue weighted by Gasteiger charge is 2.45. The smallest absolute Gasteiger partial charge is 0.297 e. The molecular weight excluding hydrogens is 466 g/mol. The average Bonchev–Trinajstić information content (AvgIpc) is 3.45. The maximum atomic E-state index is 13.8. The Bertz CT molecular complexity index is 1520. The van der Waals surface area contributed by atoms with E-state index < -0.39 is 11.9 Å². The summed E-state index contributed by atoms with van der Waals surface area (Å²) in [5.74, 6) is 0.570. The van der Waals surface area contributed by atoms with E-state index in [-0.39, 0.29) is 16.8 Å². The lowest BCUT2D eigenvalue weighted by Gasteiger charge is -2.23. The molecule has 8 nitrogen and oxygen atoms in total. The number of nitrogens with zero attached hydrogens (tertiary/aromatic N) is 3. The van der Waals surface area contributed by atoms with Crippen LogP contribution in [0.1, 0.15) is 45.2 Å². The summed E-state index contributed by atoms with van der Waals surface area (Å²) in [4.78, 5) is 28.9. The molecule has 5 rings (SSSR count). The molecule has 2 aromatic heterocycles. The highest BCUT2D eigenvalue weighted by molar-refractivity contribution is 7.15. The summed E-state index contributed by atoms with van der Waals surface area (Å²) in [6.45, 7) is 7.85. The second kappa shape index (κ2) is 8.99. The highest BCUT2D eigenvalue weighted by atomic mass is 32.1. The fourth-order valence-corrected chi connectivity index (χ4v) is 5.01. The maximum absolute atomic E-state index is 13.8. The summed E-state index contributed by atoms with van der Waals surface area (Å²) in [6.07, 6.45) is 2.32. The Morgan fingerprint density at radius 2 is 2.00 bits per heavy atom. The molecule has 35 heavy (non-hydrogen) atoms. The van der Waals surface area contributed by atoms with Crippen molar-refractivity contribution in [3.05, 3.63) is 86.7 Å². The van der Waals surface area contributed by atoms with E-state index in [1.807, 2.05) is 26.0 Å². The standard InChI is InChI=1S/C26H23N3O5S/c1-5-11-33-18-10-8-15(13-19(18)32-4)22-21-23(30)16-12-14(3)7-9-17(16)34-24(21)25(31)29(22)26-28-27-20(6-2)35-26/h5,7-10,12-13,22H,1,6,11H2,2-4H3. The summed E-state index contributed by atoms with van der Waals surface area (Å²) >= 11 is 1.31. The summed E-state index contributed by atoms with van der Waals surface area (Å²) in [6, 6.07) is 9.90. The maximum Gasteiger partial charge on any atom is 0.297 e. The minimum absolute atomic E-state index is 0.00977. The molecule has 9 heteroatoms. The lowest BCUT2D eigenvalue weighted by Crippen LogP contribution is -2.29. The third-order valence-electron chi connectivity index (χ3n) is 5.85. The molecular formula is C26H23N3O5S. The van der Waals surface area contributed by atoms with Crippen molar-refractivity contribution in [2.24, 2.45) is 0 Å². The molecule has 0 radical (unpaired) electrons. The first-order chi connectivity index (χ1) is 17.0. The van der Waals surface area contributed by atoms with Crippen LogP contribution in [0.5, 0.6) is 11.5 Å². The molecule has 1 aliphatic heterocycles. The number of carbonyl (C=O) groups is 1. The van der Waals surface area contributed by atoms with Gasteiger partial charge in [-0.05, 0) is 43.2 Å². The zero-order valence-electron chi connectivity index (χ0n) is 19.5. The number of rotatable bonds is 7. The summed E-state index contributed by atoms with van der Waals surface area (Å²) < 4.78 is 17.3. The van der Waals surface area contributed by atoms with Crippen LogP contribution in [0, 0.1) is 6.92 Å². The number of amides is 1. The first-order valence-corrected chi connectivity index (χ1v) is 11.9.